The van der Waals surface area contributed by atoms with Gasteiger partial charge in [0.25, 0.3) is 0 Å². The van der Waals surface area contributed by atoms with Crippen LogP contribution in [-0.4, -0.2) is 48.1 Å². The summed E-state index contributed by atoms with van der Waals surface area (Å²) in [5.74, 6) is 0.716. The Hall–Kier alpha value is -3.35. The summed E-state index contributed by atoms with van der Waals surface area (Å²) in [6.45, 7) is 3.14. The maximum absolute atomic E-state index is 11.3. The van der Waals surface area contributed by atoms with Crippen LogP contribution >= 0.6 is 0 Å². The topological polar surface area (TPSA) is 88.0 Å². The number of nitrogens with one attached hydrogen (secondary N) is 1. The summed E-state index contributed by atoms with van der Waals surface area (Å²) < 4.78 is 11.7. The normalized spacial score (nSPS) is 15.9. The lowest BCUT2D eigenvalue weighted by atomic mass is 9.95. The second-order valence-electron chi connectivity index (χ2n) is 8.37. The van der Waals surface area contributed by atoms with Gasteiger partial charge in [-0.1, -0.05) is 36.4 Å². The zero-order chi connectivity index (χ0) is 23.2. The molecule has 0 aromatic heterocycles. The van der Waals surface area contributed by atoms with E-state index in [1.54, 1.807) is 6.07 Å². The standard InChI is InChI=1S/C27H29NO5/c1-18-13-19(8-11-25(18)27(30)31)20-9-12-26-21(14-20)7-10-24(33-26)16-28-15-22(29)17-32-23-5-3-2-4-6-23/h2-6,8-9,11-14,22,24,28-29H,7,10,15-17H2,1H3,(H,30,31)/t22-,24+/m0/s1. The summed E-state index contributed by atoms with van der Waals surface area (Å²) in [7, 11) is 0. The van der Waals surface area contributed by atoms with Gasteiger partial charge in [-0.15, -0.1) is 0 Å². The van der Waals surface area contributed by atoms with Crippen molar-refractivity contribution in [1.29, 1.82) is 0 Å². The molecular weight excluding hydrogens is 418 g/mol. The molecule has 0 saturated heterocycles. The average molecular weight is 448 g/mol. The third-order valence-corrected chi connectivity index (χ3v) is 5.82. The van der Waals surface area contributed by atoms with Crippen molar-refractivity contribution < 1.29 is 24.5 Å². The first kappa shape index (κ1) is 22.8. The summed E-state index contributed by atoms with van der Waals surface area (Å²) in [5.41, 5.74) is 4.27. The van der Waals surface area contributed by atoms with Crippen molar-refractivity contribution in [3.05, 3.63) is 83.4 Å². The van der Waals surface area contributed by atoms with Gasteiger partial charge in [-0.3, -0.25) is 0 Å². The predicted molar refractivity (Wildman–Crippen MR) is 127 cm³/mol. The van der Waals surface area contributed by atoms with Crippen LogP contribution < -0.4 is 14.8 Å². The fraction of sp³-hybridized carbons (Fsp3) is 0.296. The molecule has 0 unspecified atom stereocenters. The fourth-order valence-electron chi connectivity index (χ4n) is 4.03. The molecule has 0 radical (unpaired) electrons. The monoisotopic (exact) mass is 447 g/mol. The number of carboxylic acids is 1. The van der Waals surface area contributed by atoms with Crippen LogP contribution in [0.5, 0.6) is 11.5 Å². The summed E-state index contributed by atoms with van der Waals surface area (Å²) in [4.78, 5) is 11.3. The first-order valence-electron chi connectivity index (χ1n) is 11.2. The van der Waals surface area contributed by atoms with Crippen molar-refractivity contribution in [2.45, 2.75) is 32.0 Å². The lowest BCUT2D eigenvalue weighted by molar-refractivity contribution is 0.0696. The first-order chi connectivity index (χ1) is 16.0. The minimum atomic E-state index is -0.909. The van der Waals surface area contributed by atoms with E-state index < -0.39 is 12.1 Å². The number of carboxylic acid groups (broad SMARTS) is 1. The van der Waals surface area contributed by atoms with Crippen LogP contribution in [0.15, 0.2) is 66.7 Å². The molecule has 0 saturated carbocycles. The Labute approximate surface area is 193 Å². The highest BCUT2D eigenvalue weighted by molar-refractivity contribution is 5.90. The molecule has 2 atom stereocenters. The van der Waals surface area contributed by atoms with Gasteiger partial charge in [0.15, 0.2) is 0 Å². The number of aliphatic hydroxyl groups excluding tert-OH is 1. The predicted octanol–water partition coefficient (Wildman–Crippen LogP) is 4.08. The Morgan fingerprint density at radius 3 is 2.64 bits per heavy atom. The molecule has 1 aliphatic heterocycles. The van der Waals surface area contributed by atoms with Gasteiger partial charge < -0.3 is 25.0 Å². The number of aromatic carboxylic acids is 1. The Morgan fingerprint density at radius 1 is 1.12 bits per heavy atom. The third-order valence-electron chi connectivity index (χ3n) is 5.82. The zero-order valence-corrected chi connectivity index (χ0v) is 18.7. The van der Waals surface area contributed by atoms with Crippen LogP contribution in [0.3, 0.4) is 0 Å². The summed E-state index contributed by atoms with van der Waals surface area (Å²) in [5, 5.41) is 22.7. The minimum Gasteiger partial charge on any atom is -0.491 e. The second-order valence-corrected chi connectivity index (χ2v) is 8.37. The van der Waals surface area contributed by atoms with Gasteiger partial charge in [0, 0.05) is 13.1 Å². The van der Waals surface area contributed by atoms with Crippen LogP contribution in [0.25, 0.3) is 11.1 Å². The highest BCUT2D eigenvalue weighted by atomic mass is 16.5. The summed E-state index contributed by atoms with van der Waals surface area (Å²) in [6.07, 6.45) is 1.24. The first-order valence-corrected chi connectivity index (χ1v) is 11.2. The number of aryl methyl sites for hydroxylation is 2. The van der Waals surface area contributed by atoms with E-state index in [4.69, 9.17) is 9.47 Å². The van der Waals surface area contributed by atoms with Crippen molar-refractivity contribution in [3.63, 3.8) is 0 Å². The molecule has 1 heterocycles. The van der Waals surface area contributed by atoms with Crippen LogP contribution in [0, 0.1) is 6.92 Å². The largest absolute Gasteiger partial charge is 0.491 e. The van der Waals surface area contributed by atoms with Gasteiger partial charge in [0.2, 0.25) is 0 Å². The number of fused-ring (bicyclic) bond motifs is 1. The van der Waals surface area contributed by atoms with E-state index in [1.165, 1.54) is 0 Å². The Bertz CT molecular complexity index is 1100. The number of hydrogen-bond donors (Lipinski definition) is 3. The molecule has 0 aliphatic carbocycles. The maximum Gasteiger partial charge on any atom is 0.335 e. The zero-order valence-electron chi connectivity index (χ0n) is 18.7. The lowest BCUT2D eigenvalue weighted by Gasteiger charge is -2.27. The lowest BCUT2D eigenvalue weighted by Crippen LogP contribution is -2.39. The number of hydrogen-bond acceptors (Lipinski definition) is 5. The fourth-order valence-corrected chi connectivity index (χ4v) is 4.03. The molecule has 3 aromatic rings. The quantitative estimate of drug-likeness (QED) is 0.458. The van der Waals surface area contributed by atoms with Gasteiger partial charge in [-0.2, -0.15) is 0 Å². The average Bonchev–Trinajstić information content (AvgIpc) is 2.82. The number of aliphatic hydroxyl groups is 1. The number of rotatable bonds is 9. The molecule has 33 heavy (non-hydrogen) atoms. The molecule has 6 nitrogen and oxygen atoms in total. The van der Waals surface area contributed by atoms with Crippen molar-refractivity contribution in [2.24, 2.45) is 0 Å². The number of ether oxygens (including phenoxy) is 2. The number of benzene rings is 3. The van der Waals surface area contributed by atoms with Crippen molar-refractivity contribution in [2.75, 3.05) is 19.7 Å². The number of para-hydroxylation sites is 1. The van der Waals surface area contributed by atoms with Gasteiger partial charge >= 0.3 is 5.97 Å². The molecule has 0 spiro atoms. The molecule has 6 heteroatoms. The van der Waals surface area contributed by atoms with Crippen LogP contribution in [0.2, 0.25) is 0 Å². The Balaban J connectivity index is 1.28. The van der Waals surface area contributed by atoms with Crippen LogP contribution in [0.1, 0.15) is 27.9 Å². The highest BCUT2D eigenvalue weighted by Gasteiger charge is 2.20. The minimum absolute atomic E-state index is 0.0442. The smallest absolute Gasteiger partial charge is 0.335 e. The molecule has 0 bridgehead atoms. The molecule has 3 aromatic carbocycles. The summed E-state index contributed by atoms with van der Waals surface area (Å²) in [6, 6.07) is 21.0. The van der Waals surface area contributed by atoms with E-state index in [2.05, 4.69) is 11.4 Å². The van der Waals surface area contributed by atoms with Crippen molar-refractivity contribution in [1.82, 2.24) is 5.32 Å². The summed E-state index contributed by atoms with van der Waals surface area (Å²) >= 11 is 0. The number of carbonyl (C=O) groups is 1. The SMILES string of the molecule is Cc1cc(-c2ccc3c(c2)CC[C@H](CNC[C@H](O)COc2ccccc2)O3)ccc1C(=O)O. The van der Waals surface area contributed by atoms with Crippen molar-refractivity contribution in [3.8, 4) is 22.6 Å². The van der Waals surface area contributed by atoms with Crippen LogP contribution in [0.4, 0.5) is 0 Å². The van der Waals surface area contributed by atoms with Gasteiger partial charge in [-0.05, 0) is 72.4 Å². The maximum atomic E-state index is 11.3. The van der Waals surface area contributed by atoms with E-state index in [1.807, 2.05) is 61.5 Å². The molecular formula is C27H29NO5. The second kappa shape index (κ2) is 10.5. The highest BCUT2D eigenvalue weighted by Crippen LogP contribution is 2.32. The third kappa shape index (κ3) is 5.92. The van der Waals surface area contributed by atoms with E-state index >= 15 is 0 Å². The van der Waals surface area contributed by atoms with E-state index in [9.17, 15) is 15.0 Å². The van der Waals surface area contributed by atoms with Crippen LogP contribution in [-0.2, 0) is 6.42 Å². The van der Waals surface area contributed by atoms with E-state index in [0.717, 1.165) is 46.6 Å². The molecule has 0 amide bonds. The van der Waals surface area contributed by atoms with Gasteiger partial charge in [0.1, 0.15) is 30.3 Å². The Kier molecular flexibility index (Phi) is 7.27. The molecule has 4 rings (SSSR count). The van der Waals surface area contributed by atoms with Crippen molar-refractivity contribution >= 4 is 5.97 Å². The molecule has 3 N–H and O–H groups in total. The van der Waals surface area contributed by atoms with E-state index in [-0.39, 0.29) is 12.7 Å². The molecule has 1 aliphatic rings. The Morgan fingerprint density at radius 2 is 1.88 bits per heavy atom. The van der Waals surface area contributed by atoms with E-state index in [0.29, 0.717) is 18.7 Å². The molecule has 172 valence electrons. The van der Waals surface area contributed by atoms with Gasteiger partial charge in [-0.25, -0.2) is 4.79 Å². The van der Waals surface area contributed by atoms with Gasteiger partial charge in [0.05, 0.1) is 5.56 Å². The molecule has 0 fully saturated rings.